The Hall–Kier alpha value is -2.62. The number of halogens is 7. The van der Waals surface area contributed by atoms with Gasteiger partial charge in [-0.2, -0.15) is 26.3 Å². The quantitative estimate of drug-likeness (QED) is 0.456. The van der Waals surface area contributed by atoms with E-state index in [4.69, 9.17) is 17.3 Å². The molecule has 0 heterocycles. The first-order chi connectivity index (χ1) is 11.9. The molecular formula is C15H10ClF6N3O. The first-order valence-electron chi connectivity index (χ1n) is 6.79. The molecule has 2 aromatic carbocycles. The molecule has 0 radical (unpaired) electrons. The highest BCUT2D eigenvalue weighted by Gasteiger charge is 2.33. The van der Waals surface area contributed by atoms with Gasteiger partial charge in [-0.15, -0.1) is 0 Å². The molecular weight excluding hydrogens is 388 g/mol. The van der Waals surface area contributed by atoms with Crippen LogP contribution in [0.3, 0.4) is 0 Å². The predicted octanol–water partition coefficient (Wildman–Crippen LogP) is 5.60. The third-order valence-corrected chi connectivity index (χ3v) is 3.40. The van der Waals surface area contributed by atoms with Crippen LogP contribution < -0.4 is 16.4 Å². The molecule has 11 heteroatoms. The molecule has 0 spiro atoms. The third kappa shape index (κ3) is 4.94. The second-order valence-electron chi connectivity index (χ2n) is 5.11. The van der Waals surface area contributed by atoms with E-state index in [1.807, 2.05) is 0 Å². The maximum atomic E-state index is 12.8. The minimum absolute atomic E-state index is 0.249. The number of hydrogen-bond acceptors (Lipinski definition) is 2. The average Bonchev–Trinajstić information content (AvgIpc) is 2.46. The number of hydrogen-bond donors (Lipinski definition) is 3. The molecule has 0 atom stereocenters. The molecule has 140 valence electrons. The van der Waals surface area contributed by atoms with Gasteiger partial charge in [0.2, 0.25) is 0 Å². The van der Waals surface area contributed by atoms with Crippen molar-refractivity contribution in [1.29, 1.82) is 0 Å². The second kappa shape index (κ2) is 6.94. The van der Waals surface area contributed by atoms with Crippen molar-refractivity contribution >= 4 is 34.7 Å². The molecule has 2 amide bonds. The molecule has 0 fully saturated rings. The molecule has 4 nitrogen and oxygen atoms in total. The summed E-state index contributed by atoms with van der Waals surface area (Å²) >= 11 is 5.46. The van der Waals surface area contributed by atoms with E-state index in [2.05, 4.69) is 10.6 Å². The molecule has 0 saturated heterocycles. The van der Waals surface area contributed by atoms with Crippen molar-refractivity contribution in [2.45, 2.75) is 12.4 Å². The smallest absolute Gasteiger partial charge is 0.399 e. The maximum absolute atomic E-state index is 12.8. The van der Waals surface area contributed by atoms with E-state index in [0.717, 1.165) is 18.2 Å². The number of anilines is 3. The van der Waals surface area contributed by atoms with Crippen LogP contribution in [-0.4, -0.2) is 6.03 Å². The molecule has 0 saturated carbocycles. The second-order valence-corrected chi connectivity index (χ2v) is 5.52. The zero-order valence-electron chi connectivity index (χ0n) is 12.6. The van der Waals surface area contributed by atoms with Gasteiger partial charge in [0.1, 0.15) is 0 Å². The molecule has 0 aromatic heterocycles. The molecule has 0 bridgehead atoms. The first-order valence-corrected chi connectivity index (χ1v) is 7.16. The number of nitrogens with two attached hydrogens (primary N) is 1. The number of rotatable bonds is 2. The summed E-state index contributed by atoms with van der Waals surface area (Å²) in [7, 11) is 0. The van der Waals surface area contributed by atoms with Crippen molar-refractivity contribution in [3.8, 4) is 0 Å². The number of carbonyl (C=O) groups is 1. The summed E-state index contributed by atoms with van der Waals surface area (Å²) in [6.07, 6.45) is -9.42. The van der Waals surface area contributed by atoms with Gasteiger partial charge >= 0.3 is 18.4 Å². The Bertz CT molecular complexity index is 835. The summed E-state index contributed by atoms with van der Waals surface area (Å²) in [6.45, 7) is 0. The Labute approximate surface area is 147 Å². The van der Waals surface area contributed by atoms with Gasteiger partial charge in [0.15, 0.2) is 0 Å². The summed E-state index contributed by atoms with van der Waals surface area (Å²) in [4.78, 5) is 11.8. The van der Waals surface area contributed by atoms with Crippen molar-refractivity contribution in [3.05, 3.63) is 52.5 Å². The average molecular weight is 398 g/mol. The van der Waals surface area contributed by atoms with Gasteiger partial charge in [0.25, 0.3) is 0 Å². The van der Waals surface area contributed by atoms with Gasteiger partial charge in [-0.25, -0.2) is 4.79 Å². The highest BCUT2D eigenvalue weighted by atomic mass is 35.5. The van der Waals surface area contributed by atoms with Crippen LogP contribution in [-0.2, 0) is 12.4 Å². The van der Waals surface area contributed by atoms with E-state index in [1.54, 1.807) is 0 Å². The van der Waals surface area contributed by atoms with Gasteiger partial charge < -0.3 is 16.4 Å². The van der Waals surface area contributed by atoms with Crippen LogP contribution in [0.15, 0.2) is 36.4 Å². The lowest BCUT2D eigenvalue weighted by Gasteiger charge is -2.14. The van der Waals surface area contributed by atoms with Crippen molar-refractivity contribution in [3.63, 3.8) is 0 Å². The van der Waals surface area contributed by atoms with E-state index in [1.165, 1.54) is 0 Å². The Balaban J connectivity index is 2.19. The van der Waals surface area contributed by atoms with Crippen LogP contribution in [0, 0.1) is 0 Å². The SMILES string of the molecule is Nc1cc(NC(=O)Nc2ccc(Cl)c(C(F)(F)F)c2)cc(C(F)(F)F)c1. The zero-order valence-corrected chi connectivity index (χ0v) is 13.4. The number of benzene rings is 2. The van der Waals surface area contributed by atoms with Gasteiger partial charge in [-0.3, -0.25) is 0 Å². The fourth-order valence-corrected chi connectivity index (χ4v) is 2.23. The van der Waals surface area contributed by atoms with Crippen LogP contribution in [0.1, 0.15) is 11.1 Å². The summed E-state index contributed by atoms with van der Waals surface area (Å²) in [5.41, 5.74) is 2.33. The van der Waals surface area contributed by atoms with E-state index in [-0.39, 0.29) is 17.1 Å². The monoisotopic (exact) mass is 397 g/mol. The highest BCUT2D eigenvalue weighted by molar-refractivity contribution is 6.31. The van der Waals surface area contributed by atoms with Gasteiger partial charge in [0, 0.05) is 17.1 Å². The summed E-state index contributed by atoms with van der Waals surface area (Å²) in [5.74, 6) is 0. The van der Waals surface area contributed by atoms with Crippen molar-refractivity contribution < 1.29 is 31.1 Å². The van der Waals surface area contributed by atoms with E-state index in [9.17, 15) is 31.1 Å². The fourth-order valence-electron chi connectivity index (χ4n) is 2.00. The lowest BCUT2D eigenvalue weighted by atomic mass is 10.1. The fraction of sp³-hybridized carbons (Fsp3) is 0.133. The molecule has 0 unspecified atom stereocenters. The Morgan fingerprint density at radius 3 is 2.08 bits per heavy atom. The molecule has 0 aliphatic rings. The number of amides is 2. The lowest BCUT2D eigenvalue weighted by molar-refractivity contribution is -0.138. The van der Waals surface area contributed by atoms with Gasteiger partial charge in [-0.05, 0) is 36.4 Å². The van der Waals surface area contributed by atoms with Crippen LogP contribution in [0.5, 0.6) is 0 Å². The number of carbonyl (C=O) groups excluding carboxylic acids is 1. The van der Waals surface area contributed by atoms with Crippen LogP contribution in [0.2, 0.25) is 5.02 Å². The van der Waals surface area contributed by atoms with E-state index >= 15 is 0 Å². The molecule has 4 N–H and O–H groups in total. The highest BCUT2D eigenvalue weighted by Crippen LogP contribution is 2.36. The van der Waals surface area contributed by atoms with Crippen molar-refractivity contribution in [2.24, 2.45) is 0 Å². The Morgan fingerprint density at radius 2 is 1.50 bits per heavy atom. The molecule has 2 aromatic rings. The number of nitrogen functional groups attached to an aromatic ring is 1. The zero-order chi connectivity index (χ0) is 19.7. The maximum Gasteiger partial charge on any atom is 0.417 e. The predicted molar refractivity (Wildman–Crippen MR) is 85.0 cm³/mol. The van der Waals surface area contributed by atoms with Crippen LogP contribution >= 0.6 is 11.6 Å². The minimum atomic E-state index is -4.74. The minimum Gasteiger partial charge on any atom is -0.399 e. The largest absolute Gasteiger partial charge is 0.417 e. The van der Waals surface area contributed by atoms with Crippen molar-refractivity contribution in [2.75, 3.05) is 16.4 Å². The van der Waals surface area contributed by atoms with E-state index < -0.39 is 34.5 Å². The standard InChI is InChI=1S/C15H10ClF6N3O/c16-12-2-1-9(6-11(12)15(20,21)22)24-13(26)25-10-4-7(14(17,18)19)3-8(23)5-10/h1-6H,23H2,(H2,24,25,26). The molecule has 26 heavy (non-hydrogen) atoms. The van der Waals surface area contributed by atoms with Gasteiger partial charge in [0.05, 0.1) is 16.1 Å². The van der Waals surface area contributed by atoms with Crippen LogP contribution in [0.25, 0.3) is 0 Å². The Kier molecular flexibility index (Phi) is 5.26. The summed E-state index contributed by atoms with van der Waals surface area (Å²) < 4.78 is 76.5. The number of urea groups is 1. The Morgan fingerprint density at radius 1 is 0.885 bits per heavy atom. The molecule has 0 aliphatic heterocycles. The normalized spacial score (nSPS) is 12.0. The van der Waals surface area contributed by atoms with Crippen LogP contribution in [0.4, 0.5) is 48.2 Å². The lowest BCUT2D eigenvalue weighted by Crippen LogP contribution is -2.20. The van der Waals surface area contributed by atoms with E-state index in [0.29, 0.717) is 18.2 Å². The summed E-state index contributed by atoms with van der Waals surface area (Å²) in [5, 5.41) is 3.59. The number of nitrogens with one attached hydrogen (secondary N) is 2. The molecule has 0 aliphatic carbocycles. The third-order valence-electron chi connectivity index (χ3n) is 3.07. The number of alkyl halides is 6. The topological polar surface area (TPSA) is 67.1 Å². The first kappa shape index (κ1) is 19.7. The molecule has 2 rings (SSSR count). The van der Waals surface area contributed by atoms with Gasteiger partial charge in [-0.1, -0.05) is 11.6 Å². The van der Waals surface area contributed by atoms with Crippen molar-refractivity contribution in [1.82, 2.24) is 0 Å². The summed E-state index contributed by atoms with van der Waals surface area (Å²) in [6, 6.07) is 3.97.